The zero-order valence-corrected chi connectivity index (χ0v) is 25.3. The van der Waals surface area contributed by atoms with Gasteiger partial charge in [-0.05, 0) is 66.5 Å². The van der Waals surface area contributed by atoms with Crippen LogP contribution in [0.15, 0.2) is 30.6 Å². The van der Waals surface area contributed by atoms with E-state index in [2.05, 4.69) is 39.5 Å². The third-order valence-electron chi connectivity index (χ3n) is 8.12. The number of aromatic nitrogens is 6. The van der Waals surface area contributed by atoms with Gasteiger partial charge in [0.05, 0.1) is 36.7 Å². The fourth-order valence-electron chi connectivity index (χ4n) is 6.06. The first kappa shape index (κ1) is 28.1. The summed E-state index contributed by atoms with van der Waals surface area (Å²) in [6.07, 6.45) is 5.06. The number of nitrogens with one attached hydrogen (secondary N) is 1. The highest BCUT2D eigenvalue weighted by molar-refractivity contribution is 5.91. The van der Waals surface area contributed by atoms with Crippen molar-refractivity contribution in [3.05, 3.63) is 42.0 Å². The Kier molecular flexibility index (Phi) is 7.38. The van der Waals surface area contributed by atoms with Crippen molar-refractivity contribution in [3.8, 4) is 22.6 Å². The lowest BCUT2D eigenvalue weighted by atomic mass is 10.0. The quantitative estimate of drug-likeness (QED) is 0.351. The Hall–Kier alpha value is -3.99. The standard InChI is InChI=1S/C31H40N8O3/c1-19-18-41-16-15-38(19)26-17-25(34-29(35-26)24-8-12-33-28-23(24)7-11-32-28)27-20(2)36-39(21(27)3)22-9-13-37(14-10-22)30(40)42-31(4,5)6/h7-8,11-12,17,19,22H,9-10,13-16,18H2,1-6H3,(H,32,33)/t19-/m1/s1. The number of morpholine rings is 1. The second kappa shape index (κ2) is 11.0. The second-order valence-electron chi connectivity index (χ2n) is 12.3. The number of hydrogen-bond donors (Lipinski definition) is 1. The van der Waals surface area contributed by atoms with Crippen molar-refractivity contribution < 1.29 is 14.3 Å². The number of H-pyrrole nitrogens is 1. The molecule has 1 atom stereocenters. The van der Waals surface area contributed by atoms with E-state index in [-0.39, 0.29) is 18.2 Å². The Labute approximate surface area is 246 Å². The highest BCUT2D eigenvalue weighted by Gasteiger charge is 2.30. The fraction of sp³-hybridized carbons (Fsp3) is 0.516. The molecule has 0 saturated carbocycles. The number of pyridine rings is 1. The molecule has 6 rings (SSSR count). The van der Waals surface area contributed by atoms with E-state index in [0.29, 0.717) is 32.1 Å². The van der Waals surface area contributed by atoms with E-state index in [0.717, 1.165) is 64.4 Å². The molecule has 0 radical (unpaired) electrons. The van der Waals surface area contributed by atoms with Crippen LogP contribution >= 0.6 is 0 Å². The molecule has 4 aromatic rings. The highest BCUT2D eigenvalue weighted by Crippen LogP contribution is 2.35. The number of rotatable bonds is 4. The number of aromatic amines is 1. The van der Waals surface area contributed by atoms with E-state index in [1.54, 1.807) is 11.1 Å². The highest BCUT2D eigenvalue weighted by atomic mass is 16.6. The summed E-state index contributed by atoms with van der Waals surface area (Å²) >= 11 is 0. The number of carbonyl (C=O) groups is 1. The van der Waals surface area contributed by atoms with Crippen LogP contribution in [0.25, 0.3) is 33.7 Å². The largest absolute Gasteiger partial charge is 0.444 e. The van der Waals surface area contributed by atoms with Crippen molar-refractivity contribution in [2.45, 2.75) is 72.1 Å². The van der Waals surface area contributed by atoms with Gasteiger partial charge in [0.1, 0.15) is 17.1 Å². The normalized spacial score (nSPS) is 18.6. The molecule has 222 valence electrons. The smallest absolute Gasteiger partial charge is 0.410 e. The van der Waals surface area contributed by atoms with E-state index < -0.39 is 5.60 Å². The molecular formula is C31H40N8O3. The van der Waals surface area contributed by atoms with E-state index >= 15 is 0 Å². The van der Waals surface area contributed by atoms with Crippen LogP contribution in [0.4, 0.5) is 10.6 Å². The molecule has 0 bridgehead atoms. The van der Waals surface area contributed by atoms with Crippen molar-refractivity contribution in [2.24, 2.45) is 0 Å². The second-order valence-corrected chi connectivity index (χ2v) is 12.3. The third kappa shape index (κ3) is 5.45. The summed E-state index contributed by atoms with van der Waals surface area (Å²) in [7, 11) is 0. The molecule has 11 nitrogen and oxygen atoms in total. The number of hydrogen-bond acceptors (Lipinski definition) is 8. The van der Waals surface area contributed by atoms with Gasteiger partial charge in [-0.3, -0.25) is 4.68 Å². The first-order valence-electron chi connectivity index (χ1n) is 14.8. The van der Waals surface area contributed by atoms with Crippen molar-refractivity contribution in [2.75, 3.05) is 37.7 Å². The number of piperidine rings is 1. The Morgan fingerprint density at radius 1 is 1.12 bits per heavy atom. The summed E-state index contributed by atoms with van der Waals surface area (Å²) in [5.41, 5.74) is 5.10. The molecule has 0 aromatic carbocycles. The summed E-state index contributed by atoms with van der Waals surface area (Å²) in [6.45, 7) is 15.4. The van der Waals surface area contributed by atoms with Gasteiger partial charge in [-0.2, -0.15) is 5.10 Å². The molecule has 2 saturated heterocycles. The molecule has 1 amide bonds. The molecule has 11 heteroatoms. The molecular weight excluding hydrogens is 532 g/mol. The third-order valence-corrected chi connectivity index (χ3v) is 8.12. The minimum absolute atomic E-state index is 0.191. The van der Waals surface area contributed by atoms with Crippen LogP contribution in [0.2, 0.25) is 0 Å². The number of amides is 1. The van der Waals surface area contributed by atoms with Crippen LogP contribution in [-0.2, 0) is 9.47 Å². The molecule has 0 aliphatic carbocycles. The zero-order chi connectivity index (χ0) is 29.6. The summed E-state index contributed by atoms with van der Waals surface area (Å²) in [6, 6.07) is 6.47. The first-order valence-corrected chi connectivity index (χ1v) is 14.8. The Morgan fingerprint density at radius 2 is 1.90 bits per heavy atom. The van der Waals surface area contributed by atoms with E-state index in [4.69, 9.17) is 24.5 Å². The molecule has 4 aromatic heterocycles. The lowest BCUT2D eigenvalue weighted by Gasteiger charge is -2.34. The minimum atomic E-state index is -0.504. The maximum absolute atomic E-state index is 12.6. The number of ether oxygens (including phenoxy) is 2. The topological polar surface area (TPSA) is 114 Å². The van der Waals surface area contributed by atoms with Gasteiger partial charge in [0.15, 0.2) is 5.82 Å². The lowest BCUT2D eigenvalue weighted by Crippen LogP contribution is -2.44. The molecule has 2 fully saturated rings. The molecule has 0 spiro atoms. The van der Waals surface area contributed by atoms with Crippen LogP contribution in [0.3, 0.4) is 0 Å². The summed E-state index contributed by atoms with van der Waals surface area (Å²) < 4.78 is 13.4. The molecule has 1 N–H and O–H groups in total. The van der Waals surface area contributed by atoms with Crippen LogP contribution in [-0.4, -0.2) is 85.2 Å². The summed E-state index contributed by atoms with van der Waals surface area (Å²) in [5.74, 6) is 1.54. The molecule has 2 aliphatic heterocycles. The SMILES string of the molecule is Cc1nn(C2CCN(C(=O)OC(C)(C)C)CC2)c(C)c1-c1cc(N2CCOC[C@H]2C)nc(-c2ccnc3[nH]ccc23)n1. The van der Waals surface area contributed by atoms with E-state index in [1.165, 1.54) is 0 Å². The Bertz CT molecular complexity index is 1600. The number of anilines is 1. The summed E-state index contributed by atoms with van der Waals surface area (Å²) in [5, 5.41) is 6.00. The van der Waals surface area contributed by atoms with Crippen molar-refractivity contribution in [1.82, 2.24) is 34.6 Å². The number of aryl methyl sites for hydroxylation is 1. The van der Waals surface area contributed by atoms with Crippen LogP contribution < -0.4 is 4.90 Å². The van der Waals surface area contributed by atoms with Crippen molar-refractivity contribution >= 4 is 22.9 Å². The molecule has 0 unspecified atom stereocenters. The molecule has 6 heterocycles. The van der Waals surface area contributed by atoms with E-state index in [1.807, 2.05) is 46.0 Å². The average molecular weight is 573 g/mol. The number of likely N-dealkylation sites (tertiary alicyclic amines) is 1. The van der Waals surface area contributed by atoms with Crippen molar-refractivity contribution in [3.63, 3.8) is 0 Å². The van der Waals surface area contributed by atoms with Gasteiger partial charge in [-0.1, -0.05) is 0 Å². The van der Waals surface area contributed by atoms with Gasteiger partial charge in [-0.25, -0.2) is 19.7 Å². The zero-order valence-electron chi connectivity index (χ0n) is 25.3. The van der Waals surface area contributed by atoms with Gasteiger partial charge in [0.25, 0.3) is 0 Å². The van der Waals surface area contributed by atoms with Gasteiger partial charge in [-0.15, -0.1) is 0 Å². The van der Waals surface area contributed by atoms with Crippen molar-refractivity contribution in [1.29, 1.82) is 0 Å². The average Bonchev–Trinajstić information content (AvgIpc) is 3.56. The van der Waals surface area contributed by atoms with E-state index in [9.17, 15) is 4.79 Å². The maximum atomic E-state index is 12.6. The first-order chi connectivity index (χ1) is 20.1. The monoisotopic (exact) mass is 572 g/mol. The molecule has 2 aliphatic rings. The number of fused-ring (bicyclic) bond motifs is 1. The maximum Gasteiger partial charge on any atom is 0.410 e. The predicted octanol–water partition coefficient (Wildman–Crippen LogP) is 5.30. The van der Waals surface area contributed by atoms with Gasteiger partial charge >= 0.3 is 6.09 Å². The Balaban J connectivity index is 1.36. The van der Waals surface area contributed by atoms with Crippen LogP contribution in [0.5, 0.6) is 0 Å². The van der Waals surface area contributed by atoms with Gasteiger partial charge < -0.3 is 24.3 Å². The van der Waals surface area contributed by atoms with Crippen LogP contribution in [0, 0.1) is 13.8 Å². The fourth-order valence-corrected chi connectivity index (χ4v) is 6.06. The molecule has 42 heavy (non-hydrogen) atoms. The predicted molar refractivity (Wildman–Crippen MR) is 162 cm³/mol. The van der Waals surface area contributed by atoms with Gasteiger partial charge in [0, 0.05) is 60.3 Å². The summed E-state index contributed by atoms with van der Waals surface area (Å²) in [4.78, 5) is 34.6. The lowest BCUT2D eigenvalue weighted by molar-refractivity contribution is 0.0184. The minimum Gasteiger partial charge on any atom is -0.444 e. The number of carbonyl (C=O) groups excluding carboxylic acids is 1. The van der Waals surface area contributed by atoms with Gasteiger partial charge in [0.2, 0.25) is 0 Å². The number of nitrogens with zero attached hydrogens (tertiary/aromatic N) is 7. The van der Waals surface area contributed by atoms with Crippen LogP contribution in [0.1, 0.15) is 58.0 Å². The Morgan fingerprint density at radius 3 is 2.64 bits per heavy atom.